The van der Waals surface area contributed by atoms with Gasteiger partial charge in [-0.1, -0.05) is 30.2 Å². The normalized spacial score (nSPS) is 42.4. The summed E-state index contributed by atoms with van der Waals surface area (Å²) in [7, 11) is 0. The van der Waals surface area contributed by atoms with Crippen LogP contribution in [0.1, 0.15) is 46.0 Å². The molecule has 0 aromatic carbocycles. The lowest BCUT2D eigenvalue weighted by Crippen LogP contribution is -2.56. The molecule has 5 atom stereocenters. The van der Waals surface area contributed by atoms with E-state index in [1.54, 1.807) is 12.2 Å². The molecule has 0 N–H and O–H groups in total. The van der Waals surface area contributed by atoms with Crippen LogP contribution in [0.3, 0.4) is 0 Å². The quantitative estimate of drug-likeness (QED) is 0.416. The van der Waals surface area contributed by atoms with E-state index in [4.69, 9.17) is 16.3 Å². The summed E-state index contributed by atoms with van der Waals surface area (Å²) >= 11 is 5.91. The Bertz CT molecular complexity index is 809. The molecule has 0 bridgehead atoms. The van der Waals surface area contributed by atoms with Crippen molar-refractivity contribution in [2.45, 2.75) is 51.6 Å². The van der Waals surface area contributed by atoms with Crippen LogP contribution < -0.4 is 0 Å². The van der Waals surface area contributed by atoms with Crippen LogP contribution in [0.15, 0.2) is 35.5 Å². The number of hydrogen-bond donors (Lipinski definition) is 0. The van der Waals surface area contributed by atoms with Crippen LogP contribution in [-0.4, -0.2) is 29.5 Å². The van der Waals surface area contributed by atoms with Gasteiger partial charge in [0.05, 0.1) is 5.88 Å². The second kappa shape index (κ2) is 6.16. The number of ketones is 2. The summed E-state index contributed by atoms with van der Waals surface area (Å²) in [6.07, 6.45) is 11.6. The van der Waals surface area contributed by atoms with E-state index in [9.17, 15) is 14.4 Å². The molecule has 144 valence electrons. The van der Waals surface area contributed by atoms with E-state index in [0.29, 0.717) is 25.2 Å². The molecule has 27 heavy (non-hydrogen) atoms. The Hall–Kier alpha value is -1.68. The largest absolute Gasteiger partial charge is 0.453 e. The maximum Gasteiger partial charge on any atom is 0.294 e. The summed E-state index contributed by atoms with van der Waals surface area (Å²) in [5.74, 6) is 0.309. The highest BCUT2D eigenvalue weighted by atomic mass is 35.5. The Morgan fingerprint density at radius 3 is 2.85 bits per heavy atom. The smallest absolute Gasteiger partial charge is 0.294 e. The lowest BCUT2D eigenvalue weighted by Gasteiger charge is -2.53. The van der Waals surface area contributed by atoms with Crippen molar-refractivity contribution in [1.82, 2.24) is 0 Å². The standard InChI is InChI=1S/C22H25ClO4/c1-20-8-5-15(25)11-14(20)3-4-16-17(20)6-9-21(2)18(16)7-10-22(21,27-13-24)19(26)12-23/h5-6,8,11,13,16,18H,3-4,7,9-10,12H2,1-2H3/t16-,18+,20+,21+,22+/m1/s1. The highest BCUT2D eigenvalue weighted by Gasteiger charge is 2.66. The van der Waals surface area contributed by atoms with Crippen LogP contribution in [0.5, 0.6) is 0 Å². The average Bonchev–Trinajstić information content (AvgIpc) is 2.95. The zero-order valence-corrected chi connectivity index (χ0v) is 16.6. The maximum absolute atomic E-state index is 12.8. The number of Topliss-reactive ketones (excluding diaryl/α,β-unsaturated/α-hetero) is 1. The number of carbonyl (C=O) groups is 3. The first-order valence-corrected chi connectivity index (χ1v) is 10.2. The summed E-state index contributed by atoms with van der Waals surface area (Å²) in [6.45, 7) is 4.69. The van der Waals surface area contributed by atoms with E-state index in [0.717, 1.165) is 19.3 Å². The van der Waals surface area contributed by atoms with E-state index in [1.807, 2.05) is 6.08 Å². The number of ether oxygens (including phenoxy) is 1. The summed E-state index contributed by atoms with van der Waals surface area (Å²) < 4.78 is 5.53. The summed E-state index contributed by atoms with van der Waals surface area (Å²) in [6, 6.07) is 0. The molecule has 5 heteroatoms. The first-order valence-electron chi connectivity index (χ1n) is 9.68. The molecule has 4 aliphatic rings. The third kappa shape index (κ3) is 2.32. The highest BCUT2D eigenvalue weighted by molar-refractivity contribution is 6.29. The van der Waals surface area contributed by atoms with Gasteiger partial charge < -0.3 is 4.74 Å². The number of carbonyl (C=O) groups excluding carboxylic acids is 3. The minimum Gasteiger partial charge on any atom is -0.453 e. The molecule has 0 heterocycles. The summed E-state index contributed by atoms with van der Waals surface area (Å²) in [5, 5.41) is 0. The molecule has 0 aliphatic heterocycles. The fourth-order valence-electron chi connectivity index (χ4n) is 6.43. The minimum absolute atomic E-state index is 0.0640. The molecule has 0 amide bonds. The van der Waals surface area contributed by atoms with Crippen LogP contribution in [0.4, 0.5) is 0 Å². The number of halogens is 1. The van der Waals surface area contributed by atoms with Gasteiger partial charge in [-0.15, -0.1) is 11.6 Å². The minimum atomic E-state index is -1.13. The van der Waals surface area contributed by atoms with E-state index in [2.05, 4.69) is 19.9 Å². The molecule has 0 aromatic rings. The van der Waals surface area contributed by atoms with Crippen molar-refractivity contribution in [1.29, 1.82) is 0 Å². The van der Waals surface area contributed by atoms with Gasteiger partial charge in [-0.25, -0.2) is 0 Å². The first-order chi connectivity index (χ1) is 12.8. The molecule has 2 fully saturated rings. The molecular formula is C22H25ClO4. The lowest BCUT2D eigenvalue weighted by molar-refractivity contribution is -0.171. The molecule has 4 aliphatic carbocycles. The molecule has 0 unspecified atom stereocenters. The van der Waals surface area contributed by atoms with Crippen molar-refractivity contribution >= 4 is 29.6 Å². The third-order valence-corrected chi connectivity index (χ3v) is 8.13. The van der Waals surface area contributed by atoms with Crippen molar-refractivity contribution in [2.24, 2.45) is 22.7 Å². The molecule has 0 aromatic heterocycles. The van der Waals surface area contributed by atoms with Crippen LogP contribution in [0.25, 0.3) is 0 Å². The number of allylic oxidation sites excluding steroid dienone is 6. The second-order valence-corrected chi connectivity index (χ2v) is 9.04. The second-order valence-electron chi connectivity index (χ2n) is 8.78. The molecule has 4 rings (SSSR count). The Kier molecular flexibility index (Phi) is 4.26. The fraction of sp³-hybridized carbons (Fsp3) is 0.591. The lowest BCUT2D eigenvalue weighted by atomic mass is 9.51. The highest BCUT2D eigenvalue weighted by Crippen LogP contribution is 2.65. The van der Waals surface area contributed by atoms with Gasteiger partial charge in [0.2, 0.25) is 0 Å². The van der Waals surface area contributed by atoms with Crippen molar-refractivity contribution < 1.29 is 19.1 Å². The van der Waals surface area contributed by atoms with Crippen molar-refractivity contribution in [2.75, 3.05) is 5.88 Å². The molecule has 4 nitrogen and oxygen atoms in total. The van der Waals surface area contributed by atoms with Gasteiger partial charge in [0.25, 0.3) is 6.47 Å². The van der Waals surface area contributed by atoms with Gasteiger partial charge in [-0.05, 0) is 63.0 Å². The van der Waals surface area contributed by atoms with Crippen molar-refractivity contribution in [3.8, 4) is 0 Å². The van der Waals surface area contributed by atoms with Gasteiger partial charge in [0.15, 0.2) is 17.2 Å². The van der Waals surface area contributed by atoms with Gasteiger partial charge in [0, 0.05) is 10.8 Å². The predicted molar refractivity (Wildman–Crippen MR) is 102 cm³/mol. The number of alkyl halides is 1. The Morgan fingerprint density at radius 1 is 1.37 bits per heavy atom. The zero-order valence-electron chi connectivity index (χ0n) is 15.8. The first kappa shape index (κ1) is 18.7. The monoisotopic (exact) mass is 388 g/mol. The topological polar surface area (TPSA) is 60.4 Å². The zero-order chi connectivity index (χ0) is 19.4. The average molecular weight is 389 g/mol. The molecule has 2 saturated carbocycles. The van der Waals surface area contributed by atoms with E-state index >= 15 is 0 Å². The molecule has 0 radical (unpaired) electrons. The molecule has 0 spiro atoms. The summed E-state index contributed by atoms with van der Waals surface area (Å²) in [4.78, 5) is 35.9. The maximum atomic E-state index is 12.8. The number of fused-ring (bicyclic) bond motifs is 5. The van der Waals surface area contributed by atoms with E-state index in [1.165, 1.54) is 11.1 Å². The van der Waals surface area contributed by atoms with Crippen LogP contribution in [-0.2, 0) is 19.1 Å². The number of hydrogen-bond acceptors (Lipinski definition) is 4. The third-order valence-electron chi connectivity index (χ3n) is 7.89. The Labute approximate surface area is 164 Å². The Balaban J connectivity index is 1.78. The predicted octanol–water partition coefficient (Wildman–Crippen LogP) is 3.93. The number of rotatable bonds is 4. The van der Waals surface area contributed by atoms with Crippen LogP contribution >= 0.6 is 11.6 Å². The van der Waals surface area contributed by atoms with E-state index in [-0.39, 0.29) is 28.8 Å². The van der Waals surface area contributed by atoms with Gasteiger partial charge >= 0.3 is 0 Å². The van der Waals surface area contributed by atoms with Gasteiger partial charge in [0.1, 0.15) is 0 Å². The van der Waals surface area contributed by atoms with Gasteiger partial charge in [-0.3, -0.25) is 14.4 Å². The van der Waals surface area contributed by atoms with Crippen LogP contribution in [0.2, 0.25) is 0 Å². The fourth-order valence-corrected chi connectivity index (χ4v) is 6.64. The molecular weight excluding hydrogens is 364 g/mol. The Morgan fingerprint density at radius 2 is 2.15 bits per heavy atom. The molecule has 0 saturated heterocycles. The van der Waals surface area contributed by atoms with Crippen molar-refractivity contribution in [3.05, 3.63) is 35.5 Å². The van der Waals surface area contributed by atoms with Crippen LogP contribution in [0, 0.1) is 22.7 Å². The van der Waals surface area contributed by atoms with Crippen molar-refractivity contribution in [3.63, 3.8) is 0 Å². The van der Waals surface area contributed by atoms with Gasteiger partial charge in [-0.2, -0.15) is 0 Å². The van der Waals surface area contributed by atoms with E-state index < -0.39 is 11.0 Å². The SMILES string of the molecule is C[C@]12C=CC(=O)C=C1CC[C@@H]1C2=CC[C@@]2(C)[C@H]1CC[C@]2(OC=O)C(=O)CCl. The summed E-state index contributed by atoms with van der Waals surface area (Å²) in [5.41, 5.74) is 0.752.